The lowest BCUT2D eigenvalue weighted by atomic mass is 10.3. The molecule has 0 aliphatic rings. The van der Waals surface area contributed by atoms with Crippen LogP contribution >= 0.6 is 0 Å². The minimum atomic E-state index is -0.332. The predicted octanol–water partition coefficient (Wildman–Crippen LogP) is 1.58. The van der Waals surface area contributed by atoms with Crippen LogP contribution in [0.3, 0.4) is 0 Å². The Morgan fingerprint density at radius 3 is 2.89 bits per heavy atom. The van der Waals surface area contributed by atoms with Crippen LogP contribution in [0.4, 0.5) is 10.6 Å². The van der Waals surface area contributed by atoms with Crippen molar-refractivity contribution in [2.75, 3.05) is 5.32 Å². The van der Waals surface area contributed by atoms with E-state index in [0.717, 1.165) is 5.69 Å². The molecule has 100 valence electrons. The molecule has 2 aromatic rings. The average molecular weight is 260 g/mol. The summed E-state index contributed by atoms with van der Waals surface area (Å²) in [6.07, 6.45) is 3.37. The number of hydrogen-bond acceptors (Lipinski definition) is 4. The number of aromatic nitrogens is 4. The van der Waals surface area contributed by atoms with Gasteiger partial charge in [0.2, 0.25) is 0 Å². The lowest BCUT2D eigenvalue weighted by Gasteiger charge is -2.04. The number of anilines is 1. The maximum atomic E-state index is 11.6. The number of nitrogens with zero attached hydrogens (tertiary/aromatic N) is 4. The van der Waals surface area contributed by atoms with Gasteiger partial charge in [0.15, 0.2) is 5.82 Å². The lowest BCUT2D eigenvalue weighted by molar-refractivity contribution is 0.251. The van der Waals surface area contributed by atoms with Gasteiger partial charge in [-0.05, 0) is 26.0 Å². The molecule has 0 saturated heterocycles. The third kappa shape index (κ3) is 3.77. The first-order valence-corrected chi connectivity index (χ1v) is 6.02. The Labute approximate surface area is 111 Å². The highest BCUT2D eigenvalue weighted by Gasteiger charge is 2.07. The van der Waals surface area contributed by atoms with Crippen LogP contribution in [0.1, 0.15) is 25.6 Å². The summed E-state index contributed by atoms with van der Waals surface area (Å²) in [5, 5.41) is 13.1. The van der Waals surface area contributed by atoms with Crippen molar-refractivity contribution in [2.45, 2.75) is 26.4 Å². The number of urea groups is 1. The SMILES string of the molecule is CC(C)n1cc(NC(=O)NCc2ccccn2)nn1. The number of carbonyl (C=O) groups excluding carboxylic acids is 1. The Morgan fingerprint density at radius 2 is 2.26 bits per heavy atom. The molecule has 0 radical (unpaired) electrons. The van der Waals surface area contributed by atoms with Crippen molar-refractivity contribution in [2.24, 2.45) is 0 Å². The van der Waals surface area contributed by atoms with E-state index in [1.807, 2.05) is 32.0 Å². The van der Waals surface area contributed by atoms with Crippen molar-refractivity contribution >= 4 is 11.8 Å². The third-order valence-corrected chi connectivity index (χ3v) is 2.44. The van der Waals surface area contributed by atoms with Crippen molar-refractivity contribution in [3.8, 4) is 0 Å². The minimum absolute atomic E-state index is 0.208. The van der Waals surface area contributed by atoms with E-state index in [9.17, 15) is 4.79 Å². The van der Waals surface area contributed by atoms with Crippen LogP contribution in [-0.2, 0) is 6.54 Å². The number of amides is 2. The zero-order valence-corrected chi connectivity index (χ0v) is 10.9. The molecule has 2 rings (SSSR count). The Kier molecular flexibility index (Phi) is 4.07. The summed E-state index contributed by atoms with van der Waals surface area (Å²) in [5.41, 5.74) is 0.795. The summed E-state index contributed by atoms with van der Waals surface area (Å²) in [6, 6.07) is 5.42. The Bertz CT molecular complexity index is 536. The average Bonchev–Trinajstić information content (AvgIpc) is 2.86. The van der Waals surface area contributed by atoms with Gasteiger partial charge in [0.1, 0.15) is 0 Å². The first kappa shape index (κ1) is 13.0. The van der Waals surface area contributed by atoms with Gasteiger partial charge in [-0.15, -0.1) is 5.10 Å². The zero-order chi connectivity index (χ0) is 13.7. The normalized spacial score (nSPS) is 10.5. The van der Waals surface area contributed by atoms with Gasteiger partial charge < -0.3 is 5.32 Å². The van der Waals surface area contributed by atoms with Crippen LogP contribution in [0.15, 0.2) is 30.6 Å². The van der Waals surface area contributed by atoms with E-state index < -0.39 is 0 Å². The van der Waals surface area contributed by atoms with Gasteiger partial charge in [-0.3, -0.25) is 10.3 Å². The van der Waals surface area contributed by atoms with Gasteiger partial charge >= 0.3 is 6.03 Å². The zero-order valence-electron chi connectivity index (χ0n) is 10.9. The van der Waals surface area contributed by atoms with Crippen molar-refractivity contribution < 1.29 is 4.79 Å². The van der Waals surface area contributed by atoms with E-state index in [1.165, 1.54) is 0 Å². The Hall–Kier alpha value is -2.44. The first-order valence-electron chi connectivity index (χ1n) is 6.02. The molecule has 7 heteroatoms. The molecule has 2 heterocycles. The quantitative estimate of drug-likeness (QED) is 0.874. The molecule has 0 aliphatic carbocycles. The molecule has 2 amide bonds. The van der Waals surface area contributed by atoms with Gasteiger partial charge in [-0.2, -0.15) is 0 Å². The van der Waals surface area contributed by atoms with Crippen molar-refractivity contribution in [3.05, 3.63) is 36.3 Å². The van der Waals surface area contributed by atoms with Crippen molar-refractivity contribution in [1.82, 2.24) is 25.3 Å². The number of hydrogen-bond donors (Lipinski definition) is 2. The van der Waals surface area contributed by atoms with Crippen LogP contribution in [-0.4, -0.2) is 26.0 Å². The van der Waals surface area contributed by atoms with Crippen LogP contribution in [0.2, 0.25) is 0 Å². The molecule has 0 atom stereocenters. The molecule has 0 bridgehead atoms. The molecule has 0 spiro atoms. The highest BCUT2D eigenvalue weighted by Crippen LogP contribution is 2.06. The van der Waals surface area contributed by atoms with E-state index in [-0.39, 0.29) is 12.1 Å². The predicted molar refractivity (Wildman–Crippen MR) is 70.5 cm³/mol. The minimum Gasteiger partial charge on any atom is -0.332 e. The molecular weight excluding hydrogens is 244 g/mol. The van der Waals surface area contributed by atoms with Gasteiger partial charge in [-0.1, -0.05) is 11.3 Å². The summed E-state index contributed by atoms with van der Waals surface area (Å²) in [7, 11) is 0. The second kappa shape index (κ2) is 5.94. The molecule has 7 nitrogen and oxygen atoms in total. The molecule has 0 aromatic carbocycles. The molecule has 19 heavy (non-hydrogen) atoms. The molecule has 0 saturated carbocycles. The standard InChI is InChI=1S/C12H16N6O/c1-9(2)18-8-11(16-17-18)15-12(19)14-7-10-5-3-4-6-13-10/h3-6,8-9H,7H2,1-2H3,(H2,14,15,19). The van der Waals surface area contributed by atoms with Gasteiger partial charge in [-0.25, -0.2) is 9.48 Å². The Balaban J connectivity index is 1.84. The smallest absolute Gasteiger partial charge is 0.320 e. The first-order chi connectivity index (χ1) is 9.15. The van der Waals surface area contributed by atoms with Gasteiger partial charge in [0.05, 0.1) is 18.4 Å². The molecule has 0 aliphatic heterocycles. The van der Waals surface area contributed by atoms with Crippen molar-refractivity contribution in [3.63, 3.8) is 0 Å². The number of carbonyl (C=O) groups is 1. The summed E-state index contributed by atoms with van der Waals surface area (Å²) in [6.45, 7) is 4.34. The van der Waals surface area contributed by atoms with Gasteiger partial charge in [0, 0.05) is 12.2 Å². The molecular formula is C12H16N6O. The molecule has 2 N–H and O–H groups in total. The van der Waals surface area contributed by atoms with Crippen LogP contribution < -0.4 is 10.6 Å². The molecule has 2 aromatic heterocycles. The fourth-order valence-corrected chi connectivity index (χ4v) is 1.42. The second-order valence-corrected chi connectivity index (χ2v) is 4.31. The summed E-state index contributed by atoms with van der Waals surface area (Å²) >= 11 is 0. The van der Waals surface area contributed by atoms with E-state index >= 15 is 0 Å². The molecule has 0 unspecified atom stereocenters. The third-order valence-electron chi connectivity index (χ3n) is 2.44. The van der Waals surface area contributed by atoms with E-state index in [1.54, 1.807) is 17.1 Å². The van der Waals surface area contributed by atoms with Crippen LogP contribution in [0.5, 0.6) is 0 Å². The highest BCUT2D eigenvalue weighted by atomic mass is 16.2. The van der Waals surface area contributed by atoms with Gasteiger partial charge in [0.25, 0.3) is 0 Å². The van der Waals surface area contributed by atoms with E-state index in [4.69, 9.17) is 0 Å². The number of pyridine rings is 1. The topological polar surface area (TPSA) is 84.7 Å². The van der Waals surface area contributed by atoms with E-state index in [2.05, 4.69) is 25.9 Å². The summed E-state index contributed by atoms with van der Waals surface area (Å²) in [4.78, 5) is 15.7. The maximum absolute atomic E-state index is 11.6. The van der Waals surface area contributed by atoms with E-state index in [0.29, 0.717) is 12.4 Å². The maximum Gasteiger partial charge on any atom is 0.320 e. The largest absolute Gasteiger partial charge is 0.332 e. The lowest BCUT2D eigenvalue weighted by Crippen LogP contribution is -2.28. The number of rotatable bonds is 4. The highest BCUT2D eigenvalue weighted by molar-refractivity contribution is 5.87. The summed E-state index contributed by atoms with van der Waals surface area (Å²) in [5.74, 6) is 0.423. The van der Waals surface area contributed by atoms with Crippen LogP contribution in [0.25, 0.3) is 0 Å². The van der Waals surface area contributed by atoms with Crippen molar-refractivity contribution in [1.29, 1.82) is 0 Å². The number of nitrogens with one attached hydrogen (secondary N) is 2. The second-order valence-electron chi connectivity index (χ2n) is 4.31. The fraction of sp³-hybridized carbons (Fsp3) is 0.333. The van der Waals surface area contributed by atoms with Crippen LogP contribution in [0, 0.1) is 0 Å². The Morgan fingerprint density at radius 1 is 1.42 bits per heavy atom. The fourth-order valence-electron chi connectivity index (χ4n) is 1.42. The monoisotopic (exact) mass is 260 g/mol. The summed E-state index contributed by atoms with van der Waals surface area (Å²) < 4.78 is 1.67. The molecule has 0 fully saturated rings.